The van der Waals surface area contributed by atoms with Crippen LogP contribution in [0.2, 0.25) is 5.02 Å². The zero-order valence-electron chi connectivity index (χ0n) is 9.95. The predicted octanol–water partition coefficient (Wildman–Crippen LogP) is 3.17. The van der Waals surface area contributed by atoms with E-state index in [4.69, 9.17) is 17.4 Å². The van der Waals surface area contributed by atoms with Gasteiger partial charge in [0.1, 0.15) is 5.82 Å². The van der Waals surface area contributed by atoms with Crippen molar-refractivity contribution >= 4 is 44.8 Å². The molecular formula is C12H9BrClFN4O. The minimum atomic E-state index is -0.506. The fourth-order valence-electron chi connectivity index (χ4n) is 1.55. The van der Waals surface area contributed by atoms with Gasteiger partial charge in [0, 0.05) is 10.7 Å². The molecule has 0 radical (unpaired) electrons. The summed E-state index contributed by atoms with van der Waals surface area (Å²) in [5.74, 6) is 4.35. The lowest BCUT2D eigenvalue weighted by atomic mass is 10.2. The fourth-order valence-corrected chi connectivity index (χ4v) is 2.45. The molecule has 1 aromatic carbocycles. The third-order valence-electron chi connectivity index (χ3n) is 2.47. The van der Waals surface area contributed by atoms with Gasteiger partial charge in [-0.1, -0.05) is 11.6 Å². The van der Waals surface area contributed by atoms with E-state index in [2.05, 4.69) is 31.7 Å². The number of nitrogens with zero attached hydrogens (tertiary/aromatic N) is 1. The number of hydrogen-bond donors (Lipinski definition) is 3. The molecule has 4 N–H and O–H groups in total. The first-order valence-corrected chi connectivity index (χ1v) is 6.56. The number of anilines is 2. The molecule has 2 rings (SSSR count). The Morgan fingerprint density at radius 3 is 2.85 bits per heavy atom. The number of aromatic nitrogens is 1. The van der Waals surface area contributed by atoms with Gasteiger partial charge in [-0.3, -0.25) is 15.6 Å². The van der Waals surface area contributed by atoms with Crippen LogP contribution in [0, 0.1) is 5.82 Å². The van der Waals surface area contributed by atoms with E-state index in [1.165, 1.54) is 24.5 Å². The molecule has 20 heavy (non-hydrogen) atoms. The van der Waals surface area contributed by atoms with Crippen LogP contribution in [0.4, 0.5) is 15.8 Å². The molecule has 0 saturated heterocycles. The quantitative estimate of drug-likeness (QED) is 0.581. The number of halogens is 3. The highest BCUT2D eigenvalue weighted by atomic mass is 79.9. The first kappa shape index (κ1) is 14.7. The van der Waals surface area contributed by atoms with Crippen LogP contribution >= 0.6 is 27.5 Å². The molecule has 2 aromatic rings. The minimum absolute atomic E-state index is 0.0848. The summed E-state index contributed by atoms with van der Waals surface area (Å²) in [6, 6.07) is 3.81. The normalized spacial score (nSPS) is 10.2. The van der Waals surface area contributed by atoms with Gasteiger partial charge in [0.05, 0.1) is 28.2 Å². The van der Waals surface area contributed by atoms with Crippen LogP contribution in [0.25, 0.3) is 0 Å². The first-order valence-electron chi connectivity index (χ1n) is 5.39. The number of pyridine rings is 1. The van der Waals surface area contributed by atoms with E-state index >= 15 is 0 Å². The average molecular weight is 360 g/mol. The maximum Gasteiger partial charge on any atom is 0.257 e. The number of amides is 1. The number of hydrogen-bond acceptors (Lipinski definition) is 4. The van der Waals surface area contributed by atoms with Crippen molar-refractivity contribution in [3.05, 3.63) is 51.5 Å². The Bertz CT molecular complexity index is 645. The molecule has 0 bridgehead atoms. The summed E-state index contributed by atoms with van der Waals surface area (Å²) in [5.41, 5.74) is 3.30. The van der Waals surface area contributed by atoms with Crippen LogP contribution in [-0.2, 0) is 0 Å². The summed E-state index contributed by atoms with van der Waals surface area (Å²) in [5, 5.41) is 2.67. The first-order chi connectivity index (χ1) is 9.52. The summed E-state index contributed by atoms with van der Waals surface area (Å²) in [4.78, 5) is 16.0. The van der Waals surface area contributed by atoms with Crippen molar-refractivity contribution in [1.82, 2.24) is 4.98 Å². The van der Waals surface area contributed by atoms with Crippen molar-refractivity contribution in [2.24, 2.45) is 5.84 Å². The summed E-state index contributed by atoms with van der Waals surface area (Å²) in [6.07, 6.45) is 2.87. The Hall–Kier alpha value is -1.70. The van der Waals surface area contributed by atoms with Gasteiger partial charge >= 0.3 is 0 Å². The van der Waals surface area contributed by atoms with E-state index < -0.39 is 11.7 Å². The van der Waals surface area contributed by atoms with Gasteiger partial charge in [-0.25, -0.2) is 4.39 Å². The second-order valence-corrected chi connectivity index (χ2v) is 5.03. The van der Waals surface area contributed by atoms with E-state index in [0.717, 1.165) is 6.07 Å². The Morgan fingerprint density at radius 1 is 1.45 bits per heavy atom. The standard InChI is InChI=1S/C12H9BrClFN4O/c13-8-3-6(15)4-9(14)11(8)18-12(20)7-1-2-17-5-10(7)19-16/h1-5,19H,16H2,(H,18,20). The molecule has 104 valence electrons. The molecule has 8 heteroatoms. The van der Waals surface area contributed by atoms with Gasteiger partial charge in [0.2, 0.25) is 0 Å². The molecule has 0 spiro atoms. The van der Waals surface area contributed by atoms with Gasteiger partial charge in [0.25, 0.3) is 5.91 Å². The second kappa shape index (κ2) is 6.17. The number of carbonyl (C=O) groups is 1. The summed E-state index contributed by atoms with van der Waals surface area (Å²) < 4.78 is 13.5. The van der Waals surface area contributed by atoms with Crippen LogP contribution in [-0.4, -0.2) is 10.9 Å². The lowest BCUT2D eigenvalue weighted by Crippen LogP contribution is -2.18. The van der Waals surface area contributed by atoms with Crippen LogP contribution in [0.3, 0.4) is 0 Å². The van der Waals surface area contributed by atoms with Gasteiger partial charge in [-0.05, 0) is 34.1 Å². The largest absolute Gasteiger partial charge is 0.322 e. The van der Waals surface area contributed by atoms with Crippen molar-refractivity contribution in [3.63, 3.8) is 0 Å². The number of carbonyl (C=O) groups excluding carboxylic acids is 1. The number of benzene rings is 1. The van der Waals surface area contributed by atoms with Crippen molar-refractivity contribution in [2.45, 2.75) is 0 Å². The van der Waals surface area contributed by atoms with E-state index in [1.807, 2.05) is 0 Å². The maximum atomic E-state index is 13.1. The van der Waals surface area contributed by atoms with Crippen molar-refractivity contribution in [1.29, 1.82) is 0 Å². The Labute approximate surface area is 127 Å². The Morgan fingerprint density at radius 2 is 2.20 bits per heavy atom. The molecule has 0 atom stereocenters. The lowest BCUT2D eigenvalue weighted by Gasteiger charge is -2.11. The van der Waals surface area contributed by atoms with E-state index in [1.54, 1.807) is 0 Å². The van der Waals surface area contributed by atoms with Gasteiger partial charge < -0.3 is 10.7 Å². The van der Waals surface area contributed by atoms with Gasteiger partial charge in [0.15, 0.2) is 0 Å². The second-order valence-electron chi connectivity index (χ2n) is 3.76. The molecule has 5 nitrogen and oxygen atoms in total. The lowest BCUT2D eigenvalue weighted by molar-refractivity contribution is 0.102. The fraction of sp³-hybridized carbons (Fsp3) is 0. The van der Waals surface area contributed by atoms with Crippen molar-refractivity contribution < 1.29 is 9.18 Å². The third-order valence-corrected chi connectivity index (χ3v) is 3.39. The third kappa shape index (κ3) is 3.06. The van der Waals surface area contributed by atoms with Crippen LogP contribution in [0.15, 0.2) is 35.1 Å². The number of nitrogens with two attached hydrogens (primary N) is 1. The molecule has 0 aliphatic carbocycles. The molecule has 0 saturated carbocycles. The monoisotopic (exact) mass is 358 g/mol. The Kier molecular flexibility index (Phi) is 4.53. The molecule has 0 unspecified atom stereocenters. The SMILES string of the molecule is NNc1cnccc1C(=O)Nc1c(Cl)cc(F)cc1Br. The molecule has 1 aromatic heterocycles. The predicted molar refractivity (Wildman–Crippen MR) is 79.1 cm³/mol. The zero-order valence-corrected chi connectivity index (χ0v) is 12.3. The highest BCUT2D eigenvalue weighted by Crippen LogP contribution is 2.32. The number of rotatable bonds is 3. The van der Waals surface area contributed by atoms with Gasteiger partial charge in [-0.2, -0.15) is 0 Å². The van der Waals surface area contributed by atoms with Crippen molar-refractivity contribution in [2.75, 3.05) is 10.7 Å². The van der Waals surface area contributed by atoms with E-state index in [9.17, 15) is 9.18 Å². The maximum absolute atomic E-state index is 13.1. The molecule has 0 fully saturated rings. The molecular weight excluding hydrogens is 351 g/mol. The van der Waals surface area contributed by atoms with E-state index in [0.29, 0.717) is 10.2 Å². The number of nitrogens with one attached hydrogen (secondary N) is 2. The topological polar surface area (TPSA) is 80.0 Å². The molecule has 0 aliphatic rings. The van der Waals surface area contributed by atoms with E-state index in [-0.39, 0.29) is 16.3 Å². The smallest absolute Gasteiger partial charge is 0.257 e. The molecule has 0 aliphatic heterocycles. The van der Waals surface area contributed by atoms with Crippen LogP contribution in [0.1, 0.15) is 10.4 Å². The summed E-state index contributed by atoms with van der Waals surface area (Å²) >= 11 is 9.05. The highest BCUT2D eigenvalue weighted by molar-refractivity contribution is 9.10. The summed E-state index contributed by atoms with van der Waals surface area (Å²) in [6.45, 7) is 0. The van der Waals surface area contributed by atoms with Gasteiger partial charge in [-0.15, -0.1) is 0 Å². The molecule has 1 amide bonds. The summed E-state index contributed by atoms with van der Waals surface area (Å²) in [7, 11) is 0. The molecule has 1 heterocycles. The van der Waals surface area contributed by atoms with Crippen molar-refractivity contribution in [3.8, 4) is 0 Å². The average Bonchev–Trinajstić information content (AvgIpc) is 2.42. The van der Waals surface area contributed by atoms with Crippen LogP contribution in [0.5, 0.6) is 0 Å². The number of nitrogen functional groups attached to an aromatic ring is 1. The zero-order chi connectivity index (χ0) is 14.7. The Balaban J connectivity index is 2.33. The minimum Gasteiger partial charge on any atom is -0.322 e. The number of hydrazine groups is 1. The highest BCUT2D eigenvalue weighted by Gasteiger charge is 2.15. The van der Waals surface area contributed by atoms with Crippen LogP contribution < -0.4 is 16.6 Å².